The van der Waals surface area contributed by atoms with Crippen molar-refractivity contribution in [2.45, 2.75) is 70.1 Å². The van der Waals surface area contributed by atoms with Crippen LogP contribution < -0.4 is 5.32 Å². The fourth-order valence-corrected chi connectivity index (χ4v) is 4.58. The van der Waals surface area contributed by atoms with Gasteiger partial charge in [-0.1, -0.05) is 12.8 Å². The normalized spacial score (nSPS) is 28.3. The van der Waals surface area contributed by atoms with Gasteiger partial charge in [0.25, 0.3) is 0 Å². The van der Waals surface area contributed by atoms with Gasteiger partial charge in [0.2, 0.25) is 0 Å². The predicted octanol–water partition coefficient (Wildman–Crippen LogP) is 2.38. The number of amides is 2. The van der Waals surface area contributed by atoms with Gasteiger partial charge in [-0.25, -0.2) is 4.79 Å². The second-order valence-corrected chi connectivity index (χ2v) is 7.68. The van der Waals surface area contributed by atoms with Crippen molar-refractivity contribution in [3.05, 3.63) is 18.0 Å². The first-order chi connectivity index (χ1) is 11.7. The number of rotatable bonds is 3. The maximum absolute atomic E-state index is 12.6. The number of nitrogens with zero attached hydrogens (tertiary/aromatic N) is 4. The summed E-state index contributed by atoms with van der Waals surface area (Å²) < 4.78 is 2.09. The van der Waals surface area contributed by atoms with Crippen LogP contribution in [0.4, 0.5) is 4.79 Å². The van der Waals surface area contributed by atoms with Crippen LogP contribution in [0, 0.1) is 0 Å². The van der Waals surface area contributed by atoms with Crippen LogP contribution in [0.1, 0.15) is 57.2 Å². The molecule has 3 heterocycles. The molecule has 1 aliphatic carbocycles. The van der Waals surface area contributed by atoms with Crippen LogP contribution in [0.15, 0.2) is 12.3 Å². The summed E-state index contributed by atoms with van der Waals surface area (Å²) in [5.41, 5.74) is 0.961. The van der Waals surface area contributed by atoms with Crippen LogP contribution in [0.2, 0.25) is 0 Å². The minimum Gasteiger partial charge on any atom is -0.332 e. The zero-order valence-corrected chi connectivity index (χ0v) is 14.7. The van der Waals surface area contributed by atoms with Gasteiger partial charge in [0.05, 0.1) is 18.3 Å². The molecule has 0 spiro atoms. The van der Waals surface area contributed by atoms with Gasteiger partial charge in [-0.15, -0.1) is 0 Å². The quantitative estimate of drug-likeness (QED) is 0.925. The molecule has 24 heavy (non-hydrogen) atoms. The highest BCUT2D eigenvalue weighted by atomic mass is 16.2. The lowest BCUT2D eigenvalue weighted by molar-refractivity contribution is 0.0802. The molecule has 1 aromatic rings. The molecule has 6 nitrogen and oxygen atoms in total. The van der Waals surface area contributed by atoms with Gasteiger partial charge in [-0.3, -0.25) is 9.58 Å². The van der Waals surface area contributed by atoms with Crippen molar-refractivity contribution in [1.82, 2.24) is 24.9 Å². The van der Waals surface area contributed by atoms with Crippen LogP contribution in [0.25, 0.3) is 0 Å². The average molecular weight is 331 g/mol. The maximum Gasteiger partial charge on any atom is 0.318 e. The Hall–Kier alpha value is -1.56. The Morgan fingerprint density at radius 3 is 2.83 bits per heavy atom. The highest BCUT2D eigenvalue weighted by molar-refractivity contribution is 5.74. The zero-order valence-electron chi connectivity index (χ0n) is 14.7. The monoisotopic (exact) mass is 331 g/mol. The van der Waals surface area contributed by atoms with Crippen LogP contribution in [0.5, 0.6) is 0 Å². The fourth-order valence-electron chi connectivity index (χ4n) is 4.58. The van der Waals surface area contributed by atoms with E-state index < -0.39 is 0 Å². The van der Waals surface area contributed by atoms with Crippen molar-refractivity contribution in [3.8, 4) is 0 Å². The van der Waals surface area contributed by atoms with Gasteiger partial charge in [0, 0.05) is 31.4 Å². The Kier molecular flexibility index (Phi) is 4.48. The summed E-state index contributed by atoms with van der Waals surface area (Å²) >= 11 is 0. The van der Waals surface area contributed by atoms with E-state index in [1.165, 1.54) is 45.1 Å². The molecule has 3 aliphatic rings. The standard InChI is InChI=1S/C18H29N5O/c1-14-12-21-9-4-7-17(21)13-22(14)18(24)19-11-15-8-10-23(20-15)16-5-2-3-6-16/h8,10,14,16-17H,2-7,9,11-13H2,1H3,(H,19,24)/t14-,17-/m0/s1. The fraction of sp³-hybridized carbons (Fsp3) is 0.778. The summed E-state index contributed by atoms with van der Waals surface area (Å²) in [4.78, 5) is 17.1. The number of piperazine rings is 1. The predicted molar refractivity (Wildman–Crippen MR) is 92.7 cm³/mol. The largest absolute Gasteiger partial charge is 0.332 e. The molecule has 1 saturated carbocycles. The summed E-state index contributed by atoms with van der Waals surface area (Å²) in [6, 6.07) is 3.51. The lowest BCUT2D eigenvalue weighted by atomic mass is 10.1. The maximum atomic E-state index is 12.6. The molecule has 3 fully saturated rings. The molecule has 6 heteroatoms. The van der Waals surface area contributed by atoms with E-state index in [0.717, 1.165) is 18.8 Å². The topological polar surface area (TPSA) is 53.4 Å². The van der Waals surface area contributed by atoms with E-state index in [0.29, 0.717) is 18.6 Å². The van der Waals surface area contributed by atoms with Gasteiger partial charge >= 0.3 is 6.03 Å². The van der Waals surface area contributed by atoms with E-state index in [-0.39, 0.29) is 12.1 Å². The minimum atomic E-state index is 0.0597. The molecule has 2 aliphatic heterocycles. The Labute approximate surface area is 144 Å². The van der Waals surface area contributed by atoms with E-state index >= 15 is 0 Å². The van der Waals surface area contributed by atoms with Gasteiger partial charge in [-0.05, 0) is 45.2 Å². The number of nitrogens with one attached hydrogen (secondary N) is 1. The van der Waals surface area contributed by atoms with E-state index in [1.54, 1.807) is 0 Å². The molecule has 0 radical (unpaired) electrons. The molecule has 1 aromatic heterocycles. The van der Waals surface area contributed by atoms with E-state index in [9.17, 15) is 4.79 Å². The Morgan fingerprint density at radius 1 is 1.21 bits per heavy atom. The van der Waals surface area contributed by atoms with E-state index in [2.05, 4.69) is 33.1 Å². The number of hydrogen-bond donors (Lipinski definition) is 1. The molecular weight excluding hydrogens is 302 g/mol. The summed E-state index contributed by atoms with van der Waals surface area (Å²) in [6.45, 7) is 5.75. The Morgan fingerprint density at radius 2 is 2.00 bits per heavy atom. The number of carbonyl (C=O) groups is 1. The van der Waals surface area contributed by atoms with Crippen LogP contribution in [-0.4, -0.2) is 57.3 Å². The van der Waals surface area contributed by atoms with Crippen molar-refractivity contribution < 1.29 is 4.79 Å². The first kappa shape index (κ1) is 15.9. The number of carbonyl (C=O) groups excluding carboxylic acids is 1. The highest BCUT2D eigenvalue weighted by Gasteiger charge is 2.36. The third-order valence-electron chi connectivity index (χ3n) is 5.98. The molecule has 0 bridgehead atoms. The van der Waals surface area contributed by atoms with Crippen molar-refractivity contribution in [2.24, 2.45) is 0 Å². The SMILES string of the molecule is C[C@H]1CN2CCC[C@H]2CN1C(=O)NCc1ccn(C2CCCC2)n1. The molecule has 0 unspecified atom stereocenters. The van der Waals surface area contributed by atoms with Gasteiger partial charge < -0.3 is 10.2 Å². The smallest absolute Gasteiger partial charge is 0.318 e. The summed E-state index contributed by atoms with van der Waals surface area (Å²) in [7, 11) is 0. The molecule has 4 rings (SSSR count). The lowest BCUT2D eigenvalue weighted by Crippen LogP contribution is -2.58. The average Bonchev–Trinajstić information content (AvgIpc) is 3.31. The zero-order chi connectivity index (χ0) is 16.5. The van der Waals surface area contributed by atoms with Gasteiger partial charge in [0.15, 0.2) is 0 Å². The molecule has 1 N–H and O–H groups in total. The van der Waals surface area contributed by atoms with E-state index in [1.807, 2.05) is 11.0 Å². The Bertz CT molecular complexity index is 580. The molecule has 2 saturated heterocycles. The number of urea groups is 1. The van der Waals surface area contributed by atoms with Crippen molar-refractivity contribution in [2.75, 3.05) is 19.6 Å². The van der Waals surface area contributed by atoms with Gasteiger partial charge in [0.1, 0.15) is 0 Å². The highest BCUT2D eigenvalue weighted by Crippen LogP contribution is 2.28. The molecule has 2 amide bonds. The second kappa shape index (κ2) is 6.75. The third kappa shape index (κ3) is 3.16. The third-order valence-corrected chi connectivity index (χ3v) is 5.98. The van der Waals surface area contributed by atoms with Crippen molar-refractivity contribution in [3.63, 3.8) is 0 Å². The molecule has 132 valence electrons. The van der Waals surface area contributed by atoms with Gasteiger partial charge in [-0.2, -0.15) is 5.10 Å². The van der Waals surface area contributed by atoms with Crippen molar-refractivity contribution in [1.29, 1.82) is 0 Å². The number of aromatic nitrogens is 2. The Balaban J connectivity index is 1.31. The summed E-state index contributed by atoms with van der Waals surface area (Å²) in [6.07, 6.45) is 9.64. The molecular formula is C18H29N5O. The lowest BCUT2D eigenvalue weighted by Gasteiger charge is -2.42. The first-order valence-corrected chi connectivity index (χ1v) is 9.53. The second-order valence-electron chi connectivity index (χ2n) is 7.68. The number of hydrogen-bond acceptors (Lipinski definition) is 3. The molecule has 2 atom stereocenters. The summed E-state index contributed by atoms with van der Waals surface area (Å²) in [5, 5.41) is 7.73. The van der Waals surface area contributed by atoms with Crippen LogP contribution in [0.3, 0.4) is 0 Å². The van der Waals surface area contributed by atoms with Crippen molar-refractivity contribution >= 4 is 6.03 Å². The van der Waals surface area contributed by atoms with Crippen LogP contribution in [-0.2, 0) is 6.54 Å². The summed E-state index contributed by atoms with van der Waals surface area (Å²) in [5.74, 6) is 0. The minimum absolute atomic E-state index is 0.0597. The van der Waals surface area contributed by atoms with Crippen LogP contribution >= 0.6 is 0 Å². The number of fused-ring (bicyclic) bond motifs is 1. The molecule has 0 aromatic carbocycles. The first-order valence-electron chi connectivity index (χ1n) is 9.53. The van der Waals surface area contributed by atoms with E-state index in [4.69, 9.17) is 0 Å².